The number of amides is 1. The number of aromatic nitrogens is 2. The van der Waals surface area contributed by atoms with Crippen LogP contribution in [0.3, 0.4) is 0 Å². The number of nitrogens with zero attached hydrogens (tertiary/aromatic N) is 2. The molecule has 23 heavy (non-hydrogen) atoms. The predicted octanol–water partition coefficient (Wildman–Crippen LogP) is 2.62. The van der Waals surface area contributed by atoms with E-state index in [0.717, 1.165) is 18.4 Å². The maximum atomic E-state index is 12.5. The molecule has 1 aromatic carbocycles. The van der Waals surface area contributed by atoms with Crippen LogP contribution in [0.25, 0.3) is 0 Å². The molecule has 3 rings (SSSR count). The number of H-pyrrole nitrogens is 1. The van der Waals surface area contributed by atoms with Crippen molar-refractivity contribution >= 4 is 29.1 Å². The summed E-state index contributed by atoms with van der Waals surface area (Å²) in [7, 11) is 0. The molecule has 1 saturated heterocycles. The van der Waals surface area contributed by atoms with Gasteiger partial charge in [0.2, 0.25) is 11.8 Å². The first-order chi connectivity index (χ1) is 11.0. The fourth-order valence-corrected chi connectivity index (χ4v) is 3.24. The molecule has 0 aliphatic carbocycles. The van der Waals surface area contributed by atoms with Crippen molar-refractivity contribution < 1.29 is 9.21 Å². The summed E-state index contributed by atoms with van der Waals surface area (Å²) < 4.78 is 5.01. The van der Waals surface area contributed by atoms with Crippen molar-refractivity contribution in [2.24, 2.45) is 0 Å². The van der Waals surface area contributed by atoms with Crippen molar-refractivity contribution in [1.29, 1.82) is 0 Å². The molecule has 1 aliphatic rings. The molecule has 1 N–H and O–H groups in total. The van der Waals surface area contributed by atoms with Crippen LogP contribution in [0.4, 0.5) is 0 Å². The molecule has 0 radical (unpaired) electrons. The zero-order valence-electron chi connectivity index (χ0n) is 12.2. The van der Waals surface area contributed by atoms with E-state index >= 15 is 0 Å². The lowest BCUT2D eigenvalue weighted by Crippen LogP contribution is -2.40. The smallest absolute Gasteiger partial charge is 0.392 e. The van der Waals surface area contributed by atoms with Crippen molar-refractivity contribution in [2.75, 3.05) is 13.1 Å². The Morgan fingerprint density at radius 2 is 2.26 bits per heavy atom. The largest absolute Gasteiger partial charge is 0.434 e. The number of aromatic amines is 1. The molecular formula is C15H15Cl2N3O3. The first kappa shape index (κ1) is 16.1. The number of carbonyl (C=O) groups excluding carboxylic acids is 1. The van der Waals surface area contributed by atoms with Crippen LogP contribution in [0, 0.1) is 0 Å². The number of hydrogen-bond donors (Lipinski definition) is 1. The van der Waals surface area contributed by atoms with Gasteiger partial charge in [-0.15, -0.1) is 5.10 Å². The van der Waals surface area contributed by atoms with E-state index in [1.807, 2.05) is 0 Å². The number of halogens is 2. The lowest BCUT2D eigenvalue weighted by Gasteiger charge is -2.31. The zero-order chi connectivity index (χ0) is 16.4. The van der Waals surface area contributed by atoms with Crippen LogP contribution in [0.1, 0.15) is 30.2 Å². The molecule has 0 bridgehead atoms. The van der Waals surface area contributed by atoms with Crippen molar-refractivity contribution in [3.05, 3.63) is 50.2 Å². The van der Waals surface area contributed by atoms with Crippen LogP contribution in [0.2, 0.25) is 10.0 Å². The summed E-state index contributed by atoms with van der Waals surface area (Å²) in [5.41, 5.74) is 0.745. The molecule has 0 spiro atoms. The van der Waals surface area contributed by atoms with Crippen LogP contribution in [-0.2, 0) is 11.2 Å². The fraction of sp³-hybridized carbons (Fsp3) is 0.400. The van der Waals surface area contributed by atoms with E-state index in [1.54, 1.807) is 23.1 Å². The zero-order valence-corrected chi connectivity index (χ0v) is 13.7. The lowest BCUT2D eigenvalue weighted by molar-refractivity contribution is -0.131. The Hall–Kier alpha value is -1.79. The molecule has 2 aromatic rings. The van der Waals surface area contributed by atoms with Gasteiger partial charge in [0.15, 0.2) is 0 Å². The first-order valence-corrected chi connectivity index (χ1v) is 8.05. The maximum absolute atomic E-state index is 12.5. The van der Waals surface area contributed by atoms with E-state index in [1.165, 1.54) is 0 Å². The average molecular weight is 356 g/mol. The van der Waals surface area contributed by atoms with Gasteiger partial charge in [0, 0.05) is 23.1 Å². The van der Waals surface area contributed by atoms with Crippen LogP contribution in [-0.4, -0.2) is 34.1 Å². The number of rotatable bonds is 3. The molecule has 8 heteroatoms. The highest BCUT2D eigenvalue weighted by Crippen LogP contribution is 2.26. The molecule has 0 saturated carbocycles. The molecule has 1 aliphatic heterocycles. The third kappa shape index (κ3) is 3.76. The molecule has 122 valence electrons. The molecule has 1 fully saturated rings. The Morgan fingerprint density at radius 3 is 2.96 bits per heavy atom. The van der Waals surface area contributed by atoms with E-state index in [2.05, 4.69) is 10.2 Å². The summed E-state index contributed by atoms with van der Waals surface area (Å²) in [5.74, 6) is -0.294. The van der Waals surface area contributed by atoms with Gasteiger partial charge in [-0.2, -0.15) is 0 Å². The molecule has 1 amide bonds. The minimum absolute atomic E-state index is 0.0168. The van der Waals surface area contributed by atoms with Gasteiger partial charge in [0.25, 0.3) is 0 Å². The highest BCUT2D eigenvalue weighted by atomic mass is 35.5. The highest BCUT2D eigenvalue weighted by molar-refractivity contribution is 6.35. The summed E-state index contributed by atoms with van der Waals surface area (Å²) in [6.45, 7) is 1.16. The molecule has 1 aromatic heterocycles. The topological polar surface area (TPSA) is 79.2 Å². The van der Waals surface area contributed by atoms with Crippen LogP contribution < -0.4 is 5.76 Å². The molecule has 1 atom stereocenters. The average Bonchev–Trinajstić information content (AvgIpc) is 2.97. The normalized spacial score (nSPS) is 18.2. The third-order valence-corrected chi connectivity index (χ3v) is 4.52. The second kappa shape index (κ2) is 6.76. The summed E-state index contributed by atoms with van der Waals surface area (Å²) >= 11 is 12.0. The number of carbonyl (C=O) groups is 1. The number of piperidine rings is 1. The maximum Gasteiger partial charge on any atom is 0.434 e. The Kier molecular flexibility index (Phi) is 4.73. The van der Waals surface area contributed by atoms with Gasteiger partial charge in [-0.25, -0.2) is 9.89 Å². The Bertz CT molecular complexity index is 771. The minimum atomic E-state index is -0.573. The first-order valence-electron chi connectivity index (χ1n) is 7.30. The summed E-state index contributed by atoms with van der Waals surface area (Å²) in [6.07, 6.45) is 1.88. The Morgan fingerprint density at radius 1 is 1.43 bits per heavy atom. The molecular weight excluding hydrogens is 341 g/mol. The molecule has 6 nitrogen and oxygen atoms in total. The number of hydrogen-bond acceptors (Lipinski definition) is 4. The van der Waals surface area contributed by atoms with Gasteiger partial charge < -0.3 is 9.32 Å². The minimum Gasteiger partial charge on any atom is -0.392 e. The second-order valence-corrected chi connectivity index (χ2v) is 6.39. The monoisotopic (exact) mass is 355 g/mol. The fourth-order valence-electron chi connectivity index (χ4n) is 2.76. The SMILES string of the molecule is O=C(Cc1ccc(Cl)cc1Cl)N1CCCC(c2n[nH]c(=O)o2)C1. The van der Waals surface area contributed by atoms with E-state index in [-0.39, 0.29) is 18.2 Å². The van der Waals surface area contributed by atoms with E-state index in [0.29, 0.717) is 29.0 Å². The van der Waals surface area contributed by atoms with E-state index in [9.17, 15) is 9.59 Å². The van der Waals surface area contributed by atoms with Crippen LogP contribution in [0.5, 0.6) is 0 Å². The summed E-state index contributed by atoms with van der Waals surface area (Å²) in [5, 5.41) is 7.14. The third-order valence-electron chi connectivity index (χ3n) is 3.93. The molecule has 2 heterocycles. The number of likely N-dealkylation sites (tertiary alicyclic amines) is 1. The Balaban J connectivity index is 1.68. The second-order valence-electron chi connectivity index (χ2n) is 5.54. The van der Waals surface area contributed by atoms with Crippen molar-refractivity contribution in [3.63, 3.8) is 0 Å². The van der Waals surface area contributed by atoms with Gasteiger partial charge in [-0.3, -0.25) is 4.79 Å². The van der Waals surface area contributed by atoms with Gasteiger partial charge in [0.1, 0.15) is 0 Å². The van der Waals surface area contributed by atoms with Gasteiger partial charge in [0.05, 0.1) is 12.3 Å². The summed E-state index contributed by atoms with van der Waals surface area (Å²) in [6, 6.07) is 5.10. The van der Waals surface area contributed by atoms with E-state index in [4.69, 9.17) is 27.6 Å². The lowest BCUT2D eigenvalue weighted by atomic mass is 9.97. The number of benzene rings is 1. The van der Waals surface area contributed by atoms with Crippen LogP contribution >= 0.6 is 23.2 Å². The van der Waals surface area contributed by atoms with E-state index < -0.39 is 5.76 Å². The van der Waals surface area contributed by atoms with Crippen molar-refractivity contribution in [1.82, 2.24) is 15.1 Å². The molecule has 1 unspecified atom stereocenters. The standard InChI is InChI=1S/C15H15Cl2N3O3/c16-11-4-3-9(12(17)7-11)6-13(21)20-5-1-2-10(8-20)14-18-19-15(22)23-14/h3-4,7,10H,1-2,5-6,8H2,(H,19,22). The quantitative estimate of drug-likeness (QED) is 0.917. The van der Waals surface area contributed by atoms with Gasteiger partial charge in [-0.05, 0) is 30.5 Å². The summed E-state index contributed by atoms with van der Waals surface area (Å²) in [4.78, 5) is 25.3. The van der Waals surface area contributed by atoms with Crippen LogP contribution in [0.15, 0.2) is 27.4 Å². The Labute approximate surface area is 142 Å². The van der Waals surface area contributed by atoms with Gasteiger partial charge >= 0.3 is 5.76 Å². The van der Waals surface area contributed by atoms with Gasteiger partial charge in [-0.1, -0.05) is 29.3 Å². The number of nitrogens with one attached hydrogen (secondary N) is 1. The predicted molar refractivity (Wildman–Crippen MR) is 85.8 cm³/mol. The van der Waals surface area contributed by atoms with Crippen molar-refractivity contribution in [2.45, 2.75) is 25.2 Å². The van der Waals surface area contributed by atoms with Crippen molar-refractivity contribution in [3.8, 4) is 0 Å². The highest BCUT2D eigenvalue weighted by Gasteiger charge is 2.28.